The van der Waals surface area contributed by atoms with Crippen molar-refractivity contribution in [2.45, 2.75) is 31.2 Å². The van der Waals surface area contributed by atoms with Crippen LogP contribution in [-0.4, -0.2) is 49.3 Å². The molecule has 7 nitrogen and oxygen atoms in total. The van der Waals surface area contributed by atoms with E-state index in [1.165, 1.54) is 31.3 Å². The minimum Gasteiger partial charge on any atom is -0.480 e. The molecular formula is C15H21ClN2O5S. The van der Waals surface area contributed by atoms with E-state index in [0.29, 0.717) is 11.4 Å². The number of hydrogen-bond acceptors (Lipinski definition) is 4. The molecule has 0 aliphatic carbocycles. The lowest BCUT2D eigenvalue weighted by molar-refractivity contribution is -0.143. The molecule has 0 spiro atoms. The van der Waals surface area contributed by atoms with Crippen molar-refractivity contribution in [3.63, 3.8) is 0 Å². The Labute approximate surface area is 146 Å². The van der Waals surface area contributed by atoms with Crippen molar-refractivity contribution in [2.24, 2.45) is 5.92 Å². The van der Waals surface area contributed by atoms with Gasteiger partial charge in [-0.1, -0.05) is 31.9 Å². The zero-order valence-corrected chi connectivity index (χ0v) is 15.3. The fraction of sp³-hybridized carbons (Fsp3) is 0.467. The topological polar surface area (TPSA) is 104 Å². The molecule has 0 aromatic heterocycles. The van der Waals surface area contributed by atoms with Gasteiger partial charge in [-0.05, 0) is 30.2 Å². The molecule has 2 atom stereocenters. The average molecular weight is 377 g/mol. The zero-order valence-electron chi connectivity index (χ0n) is 13.7. The number of amides is 1. The fourth-order valence-electron chi connectivity index (χ4n) is 1.98. The van der Waals surface area contributed by atoms with Gasteiger partial charge in [-0.2, -0.15) is 4.31 Å². The summed E-state index contributed by atoms with van der Waals surface area (Å²) >= 11 is 5.73. The van der Waals surface area contributed by atoms with E-state index in [1.54, 1.807) is 6.92 Å². The first kappa shape index (κ1) is 20.4. The second-order valence-electron chi connectivity index (χ2n) is 5.48. The van der Waals surface area contributed by atoms with Gasteiger partial charge in [-0.3, -0.25) is 4.79 Å². The van der Waals surface area contributed by atoms with Crippen LogP contribution in [0, 0.1) is 5.92 Å². The highest BCUT2D eigenvalue weighted by atomic mass is 35.5. The van der Waals surface area contributed by atoms with Gasteiger partial charge in [0.1, 0.15) is 6.04 Å². The molecule has 0 saturated heterocycles. The maximum atomic E-state index is 12.4. The van der Waals surface area contributed by atoms with Crippen LogP contribution in [-0.2, 0) is 19.6 Å². The van der Waals surface area contributed by atoms with Crippen LogP contribution >= 0.6 is 11.6 Å². The van der Waals surface area contributed by atoms with Gasteiger partial charge in [-0.15, -0.1) is 0 Å². The summed E-state index contributed by atoms with van der Waals surface area (Å²) in [6, 6.07) is 4.49. The van der Waals surface area contributed by atoms with Gasteiger partial charge in [0.2, 0.25) is 15.9 Å². The van der Waals surface area contributed by atoms with Crippen LogP contribution in [0.3, 0.4) is 0 Å². The predicted molar refractivity (Wildman–Crippen MR) is 90.3 cm³/mol. The van der Waals surface area contributed by atoms with Crippen LogP contribution in [0.4, 0.5) is 0 Å². The monoisotopic (exact) mass is 376 g/mol. The number of carboxylic acids is 1. The number of likely N-dealkylation sites (N-methyl/N-ethyl adjacent to an activating group) is 1. The molecule has 134 valence electrons. The highest BCUT2D eigenvalue weighted by molar-refractivity contribution is 7.89. The highest BCUT2D eigenvalue weighted by Gasteiger charge is 2.28. The molecule has 0 saturated carbocycles. The van der Waals surface area contributed by atoms with E-state index in [4.69, 9.17) is 16.7 Å². The summed E-state index contributed by atoms with van der Waals surface area (Å²) in [5.41, 5.74) is 0. The van der Waals surface area contributed by atoms with Gasteiger partial charge >= 0.3 is 5.97 Å². The lowest BCUT2D eigenvalue weighted by atomic mass is 9.99. The third-order valence-corrected chi connectivity index (χ3v) is 5.75. The van der Waals surface area contributed by atoms with E-state index in [9.17, 15) is 18.0 Å². The Balaban J connectivity index is 2.82. The molecule has 0 aliphatic rings. The van der Waals surface area contributed by atoms with Gasteiger partial charge < -0.3 is 10.4 Å². The van der Waals surface area contributed by atoms with Crippen LogP contribution in [0.15, 0.2) is 29.2 Å². The summed E-state index contributed by atoms with van der Waals surface area (Å²) < 4.78 is 25.6. The van der Waals surface area contributed by atoms with Gasteiger partial charge in [0.25, 0.3) is 0 Å². The molecule has 9 heteroatoms. The zero-order chi connectivity index (χ0) is 18.5. The van der Waals surface area contributed by atoms with Crippen molar-refractivity contribution in [1.82, 2.24) is 9.62 Å². The van der Waals surface area contributed by atoms with Crippen molar-refractivity contribution in [3.05, 3.63) is 29.3 Å². The quantitative estimate of drug-likeness (QED) is 0.716. The first-order valence-corrected chi connectivity index (χ1v) is 9.15. The molecular weight excluding hydrogens is 356 g/mol. The molecule has 2 N–H and O–H groups in total. The number of rotatable bonds is 8. The predicted octanol–water partition coefficient (Wildman–Crippen LogP) is 1.58. The molecule has 0 aliphatic heterocycles. The van der Waals surface area contributed by atoms with Crippen molar-refractivity contribution < 1.29 is 23.1 Å². The number of halogens is 1. The molecule has 2 unspecified atom stereocenters. The summed E-state index contributed by atoms with van der Waals surface area (Å²) in [6.07, 6.45) is 0.566. The highest BCUT2D eigenvalue weighted by Crippen LogP contribution is 2.17. The Morgan fingerprint density at radius 3 is 2.29 bits per heavy atom. The smallest absolute Gasteiger partial charge is 0.326 e. The second-order valence-corrected chi connectivity index (χ2v) is 7.97. The Hall–Kier alpha value is -1.64. The number of carbonyl (C=O) groups is 2. The molecule has 1 aromatic rings. The Bertz CT molecular complexity index is 690. The van der Waals surface area contributed by atoms with E-state index in [2.05, 4.69) is 5.32 Å². The van der Waals surface area contributed by atoms with E-state index in [0.717, 1.165) is 4.31 Å². The average Bonchev–Trinajstić information content (AvgIpc) is 2.51. The number of benzene rings is 1. The van der Waals surface area contributed by atoms with Crippen molar-refractivity contribution in [3.8, 4) is 0 Å². The lowest BCUT2D eigenvalue weighted by Crippen LogP contribution is -2.48. The minimum atomic E-state index is -3.87. The lowest BCUT2D eigenvalue weighted by Gasteiger charge is -2.22. The standard InChI is InChI=1S/C15H21ClN2O5S/c1-4-10(2)14(15(20)21)17-13(19)9-18(3)24(22,23)12-7-5-11(16)6-8-12/h5-8,10,14H,4,9H2,1-3H3,(H,17,19)(H,20,21). The van der Waals surface area contributed by atoms with Gasteiger partial charge in [0.05, 0.1) is 11.4 Å². The van der Waals surface area contributed by atoms with E-state index in [1.807, 2.05) is 6.92 Å². The maximum Gasteiger partial charge on any atom is 0.326 e. The van der Waals surface area contributed by atoms with E-state index in [-0.39, 0.29) is 10.8 Å². The number of carboxylic acid groups (broad SMARTS) is 1. The fourth-order valence-corrected chi connectivity index (χ4v) is 3.23. The van der Waals surface area contributed by atoms with Crippen LogP contribution < -0.4 is 5.32 Å². The molecule has 0 bridgehead atoms. The number of aliphatic carboxylic acids is 1. The minimum absolute atomic E-state index is 0.00101. The largest absolute Gasteiger partial charge is 0.480 e. The Kier molecular flexibility index (Phi) is 7.19. The summed E-state index contributed by atoms with van der Waals surface area (Å²) in [7, 11) is -2.61. The number of nitrogens with zero attached hydrogens (tertiary/aromatic N) is 1. The molecule has 0 radical (unpaired) electrons. The van der Waals surface area contributed by atoms with Crippen LogP contribution in [0.5, 0.6) is 0 Å². The number of nitrogens with one attached hydrogen (secondary N) is 1. The molecule has 0 fully saturated rings. The van der Waals surface area contributed by atoms with Crippen LogP contribution in [0.1, 0.15) is 20.3 Å². The summed E-state index contributed by atoms with van der Waals surface area (Å²) in [4.78, 5) is 23.2. The molecule has 24 heavy (non-hydrogen) atoms. The van der Waals surface area contributed by atoms with E-state index < -0.39 is 34.5 Å². The van der Waals surface area contributed by atoms with Gasteiger partial charge in [-0.25, -0.2) is 13.2 Å². The van der Waals surface area contributed by atoms with Gasteiger partial charge in [0, 0.05) is 12.1 Å². The summed E-state index contributed by atoms with van der Waals surface area (Å²) in [6.45, 7) is 3.03. The molecule has 1 amide bonds. The Morgan fingerprint density at radius 1 is 1.29 bits per heavy atom. The SMILES string of the molecule is CCC(C)C(NC(=O)CN(C)S(=O)(=O)c1ccc(Cl)cc1)C(=O)O. The van der Waals surface area contributed by atoms with Crippen molar-refractivity contribution in [2.75, 3.05) is 13.6 Å². The van der Waals surface area contributed by atoms with Crippen molar-refractivity contribution in [1.29, 1.82) is 0 Å². The Morgan fingerprint density at radius 2 is 1.83 bits per heavy atom. The van der Waals surface area contributed by atoms with Gasteiger partial charge in [0.15, 0.2) is 0 Å². The van der Waals surface area contributed by atoms with E-state index >= 15 is 0 Å². The number of hydrogen-bond donors (Lipinski definition) is 2. The first-order valence-electron chi connectivity index (χ1n) is 7.33. The third kappa shape index (κ3) is 5.19. The molecule has 0 heterocycles. The molecule has 1 aromatic carbocycles. The maximum absolute atomic E-state index is 12.4. The number of sulfonamides is 1. The summed E-state index contributed by atoms with van der Waals surface area (Å²) in [5, 5.41) is 11.9. The molecule has 1 rings (SSSR count). The first-order chi connectivity index (χ1) is 11.1. The third-order valence-electron chi connectivity index (χ3n) is 3.68. The second kappa shape index (κ2) is 8.46. The number of carbonyl (C=O) groups excluding carboxylic acids is 1. The summed E-state index contributed by atoms with van der Waals surface area (Å²) in [5.74, 6) is -2.10. The normalized spacial score (nSPS) is 14.2. The van der Waals surface area contributed by atoms with Crippen LogP contribution in [0.2, 0.25) is 5.02 Å². The van der Waals surface area contributed by atoms with Crippen molar-refractivity contribution >= 4 is 33.5 Å². The van der Waals surface area contributed by atoms with Crippen LogP contribution in [0.25, 0.3) is 0 Å².